The lowest BCUT2D eigenvalue weighted by molar-refractivity contribution is 0.0718. The highest BCUT2D eigenvalue weighted by molar-refractivity contribution is 6.30. The van der Waals surface area contributed by atoms with Gasteiger partial charge < -0.3 is 14.2 Å². The van der Waals surface area contributed by atoms with Crippen LogP contribution in [0.4, 0.5) is 10.5 Å². The molecule has 0 N–H and O–H groups in total. The van der Waals surface area contributed by atoms with Crippen molar-refractivity contribution in [3.05, 3.63) is 59.1 Å². The van der Waals surface area contributed by atoms with Crippen LogP contribution < -0.4 is 9.64 Å². The van der Waals surface area contributed by atoms with Crippen molar-refractivity contribution >= 4 is 23.4 Å². The monoisotopic (exact) mass is 347 g/mol. The van der Waals surface area contributed by atoms with Crippen molar-refractivity contribution in [1.29, 1.82) is 0 Å². The van der Waals surface area contributed by atoms with Crippen molar-refractivity contribution in [3.63, 3.8) is 0 Å². The molecule has 2 aromatic carbocycles. The zero-order valence-corrected chi connectivity index (χ0v) is 14.0. The fourth-order valence-corrected chi connectivity index (χ4v) is 2.73. The van der Waals surface area contributed by atoms with Crippen LogP contribution in [-0.2, 0) is 16.1 Å². The summed E-state index contributed by atoms with van der Waals surface area (Å²) < 4.78 is 16.0. The first-order chi connectivity index (χ1) is 11.7. The second-order valence-electron chi connectivity index (χ2n) is 5.48. The molecular formula is C18H18ClNO4. The molecule has 0 radical (unpaired) electrons. The summed E-state index contributed by atoms with van der Waals surface area (Å²) in [5.41, 5.74) is 1.77. The Morgan fingerprint density at radius 3 is 2.75 bits per heavy atom. The normalized spacial score (nSPS) is 17.0. The molecular weight excluding hydrogens is 330 g/mol. The van der Waals surface area contributed by atoms with Gasteiger partial charge in [0.1, 0.15) is 18.5 Å². The summed E-state index contributed by atoms with van der Waals surface area (Å²) >= 11 is 5.95. The summed E-state index contributed by atoms with van der Waals surface area (Å²) in [6.45, 7) is 1.31. The van der Waals surface area contributed by atoms with Gasteiger partial charge in [-0.25, -0.2) is 4.79 Å². The fraction of sp³-hybridized carbons (Fsp3) is 0.278. The van der Waals surface area contributed by atoms with Crippen molar-refractivity contribution < 1.29 is 19.0 Å². The average Bonchev–Trinajstić information content (AvgIpc) is 2.94. The molecule has 1 heterocycles. The van der Waals surface area contributed by atoms with Gasteiger partial charge in [0, 0.05) is 17.8 Å². The number of cyclic esters (lactones) is 1. The predicted molar refractivity (Wildman–Crippen MR) is 91.7 cm³/mol. The lowest BCUT2D eigenvalue weighted by Crippen LogP contribution is -2.25. The van der Waals surface area contributed by atoms with Gasteiger partial charge in [0.2, 0.25) is 0 Å². The summed E-state index contributed by atoms with van der Waals surface area (Å²) in [7, 11) is 1.59. The topological polar surface area (TPSA) is 48.0 Å². The van der Waals surface area contributed by atoms with E-state index >= 15 is 0 Å². The molecule has 1 aliphatic rings. The van der Waals surface area contributed by atoms with Crippen molar-refractivity contribution in [1.82, 2.24) is 0 Å². The van der Waals surface area contributed by atoms with Crippen molar-refractivity contribution in [3.8, 4) is 5.75 Å². The number of amides is 1. The summed E-state index contributed by atoms with van der Waals surface area (Å²) in [6, 6.07) is 14.9. The molecule has 2 aromatic rings. The Morgan fingerprint density at radius 1 is 1.25 bits per heavy atom. The molecule has 24 heavy (non-hydrogen) atoms. The second kappa shape index (κ2) is 7.55. The number of halogens is 1. The minimum absolute atomic E-state index is 0.235. The maximum atomic E-state index is 11.9. The summed E-state index contributed by atoms with van der Waals surface area (Å²) in [4.78, 5) is 13.5. The highest BCUT2D eigenvalue weighted by Crippen LogP contribution is 2.25. The molecule has 1 saturated heterocycles. The Bertz CT molecular complexity index is 704. The van der Waals surface area contributed by atoms with Gasteiger partial charge in [-0.2, -0.15) is 0 Å². The molecule has 3 rings (SSSR count). The molecule has 0 saturated carbocycles. The first kappa shape index (κ1) is 16.6. The van der Waals surface area contributed by atoms with E-state index in [9.17, 15) is 4.79 Å². The Kier molecular flexibility index (Phi) is 5.23. The Morgan fingerprint density at radius 2 is 2.04 bits per heavy atom. The van der Waals surface area contributed by atoms with Crippen LogP contribution in [0.15, 0.2) is 48.5 Å². The van der Waals surface area contributed by atoms with Gasteiger partial charge in [-0.15, -0.1) is 0 Å². The Hall–Kier alpha value is -2.24. The molecule has 126 valence electrons. The summed E-state index contributed by atoms with van der Waals surface area (Å²) in [5, 5.41) is 0.685. The van der Waals surface area contributed by atoms with Crippen molar-refractivity contribution in [2.24, 2.45) is 0 Å². The number of anilines is 1. The van der Waals surface area contributed by atoms with Gasteiger partial charge in [0.25, 0.3) is 0 Å². The van der Waals surface area contributed by atoms with E-state index in [2.05, 4.69) is 0 Å². The number of rotatable bonds is 6. The van der Waals surface area contributed by atoms with Crippen LogP contribution >= 0.6 is 11.6 Å². The van der Waals surface area contributed by atoms with E-state index in [-0.39, 0.29) is 12.2 Å². The van der Waals surface area contributed by atoms with Crippen molar-refractivity contribution in [2.45, 2.75) is 12.7 Å². The number of ether oxygens (including phenoxy) is 3. The maximum Gasteiger partial charge on any atom is 0.414 e. The third-order valence-corrected chi connectivity index (χ3v) is 3.90. The minimum Gasteiger partial charge on any atom is -0.489 e. The quantitative estimate of drug-likeness (QED) is 0.795. The average molecular weight is 348 g/mol. The molecule has 6 heteroatoms. The van der Waals surface area contributed by atoms with Crippen LogP contribution in [0.3, 0.4) is 0 Å². The van der Waals surface area contributed by atoms with E-state index in [1.165, 1.54) is 0 Å². The SMILES string of the molecule is COCC1CN(c2ccc(OCc3cccc(Cl)c3)cc2)C(=O)O1. The van der Waals surface area contributed by atoms with Crippen LogP contribution in [0.25, 0.3) is 0 Å². The van der Waals surface area contributed by atoms with Gasteiger partial charge in [-0.1, -0.05) is 23.7 Å². The van der Waals surface area contributed by atoms with Gasteiger partial charge in [-0.3, -0.25) is 4.90 Å². The summed E-state index contributed by atoms with van der Waals surface area (Å²) in [6.07, 6.45) is -0.592. The van der Waals surface area contributed by atoms with E-state index in [1.54, 1.807) is 12.0 Å². The molecule has 0 bridgehead atoms. The molecule has 1 aliphatic heterocycles. The molecule has 0 spiro atoms. The number of hydrogen-bond acceptors (Lipinski definition) is 4. The lowest BCUT2D eigenvalue weighted by Gasteiger charge is -2.14. The van der Waals surface area contributed by atoms with Gasteiger partial charge in [-0.05, 0) is 42.0 Å². The van der Waals surface area contributed by atoms with Crippen LogP contribution in [0.1, 0.15) is 5.56 Å². The highest BCUT2D eigenvalue weighted by atomic mass is 35.5. The number of methoxy groups -OCH3 is 1. The predicted octanol–water partition coefficient (Wildman–Crippen LogP) is 3.89. The lowest BCUT2D eigenvalue weighted by atomic mass is 10.2. The second-order valence-corrected chi connectivity index (χ2v) is 5.92. The number of hydrogen-bond donors (Lipinski definition) is 0. The summed E-state index contributed by atoms with van der Waals surface area (Å²) in [5.74, 6) is 0.722. The number of carbonyl (C=O) groups excluding carboxylic acids is 1. The molecule has 1 amide bonds. The van der Waals surface area contributed by atoms with Crippen LogP contribution in [-0.4, -0.2) is 32.5 Å². The molecule has 1 unspecified atom stereocenters. The van der Waals surface area contributed by atoms with E-state index < -0.39 is 0 Å². The van der Waals surface area contributed by atoms with Gasteiger partial charge in [0.05, 0.1) is 13.2 Å². The van der Waals surface area contributed by atoms with Crippen LogP contribution in [0.5, 0.6) is 5.75 Å². The highest BCUT2D eigenvalue weighted by Gasteiger charge is 2.32. The van der Waals surface area contributed by atoms with Gasteiger partial charge in [0.15, 0.2) is 0 Å². The van der Waals surface area contributed by atoms with Crippen molar-refractivity contribution in [2.75, 3.05) is 25.2 Å². The Balaban J connectivity index is 1.60. The van der Waals surface area contributed by atoms with E-state index in [1.807, 2.05) is 48.5 Å². The Labute approximate surface area is 145 Å². The smallest absolute Gasteiger partial charge is 0.414 e. The molecule has 5 nitrogen and oxygen atoms in total. The number of nitrogens with zero attached hydrogens (tertiary/aromatic N) is 1. The minimum atomic E-state index is -0.357. The standard InChI is InChI=1S/C18H18ClNO4/c1-22-12-17-10-20(18(21)24-17)15-5-7-16(8-6-15)23-11-13-3-2-4-14(19)9-13/h2-9,17H,10-12H2,1H3. The first-order valence-electron chi connectivity index (χ1n) is 7.60. The van der Waals surface area contributed by atoms with Crippen LogP contribution in [0, 0.1) is 0 Å². The van der Waals surface area contributed by atoms with Crippen LogP contribution in [0.2, 0.25) is 5.02 Å². The van der Waals surface area contributed by atoms with E-state index in [4.69, 9.17) is 25.8 Å². The maximum absolute atomic E-state index is 11.9. The largest absolute Gasteiger partial charge is 0.489 e. The van der Waals surface area contributed by atoms with Gasteiger partial charge >= 0.3 is 6.09 Å². The zero-order valence-electron chi connectivity index (χ0n) is 13.3. The molecule has 0 aromatic heterocycles. The first-order valence-corrected chi connectivity index (χ1v) is 7.98. The third-order valence-electron chi connectivity index (χ3n) is 3.67. The fourth-order valence-electron chi connectivity index (χ4n) is 2.52. The number of carbonyl (C=O) groups is 1. The third kappa shape index (κ3) is 3.99. The van der Waals surface area contributed by atoms with E-state index in [0.29, 0.717) is 24.8 Å². The number of benzene rings is 2. The van der Waals surface area contributed by atoms with E-state index in [0.717, 1.165) is 17.0 Å². The molecule has 0 aliphatic carbocycles. The molecule has 1 fully saturated rings. The zero-order chi connectivity index (χ0) is 16.9. The molecule has 1 atom stereocenters.